The molecule has 162 valence electrons. The fraction of sp³-hybridized carbons (Fsp3) is 0.208. The number of amides is 1. The maximum Gasteiger partial charge on any atom is 0.262 e. The number of hydrogen-bond acceptors (Lipinski definition) is 5. The van der Waals surface area contributed by atoms with E-state index in [-0.39, 0.29) is 12.5 Å². The van der Waals surface area contributed by atoms with E-state index >= 15 is 0 Å². The first-order chi connectivity index (χ1) is 15.0. The molecule has 7 heteroatoms. The largest absolute Gasteiger partial charge is 0.495 e. The Kier molecular flexibility index (Phi) is 7.62. The number of para-hydroxylation sites is 2. The summed E-state index contributed by atoms with van der Waals surface area (Å²) in [6.07, 6.45) is 0. The fourth-order valence-electron chi connectivity index (χ4n) is 2.93. The van der Waals surface area contributed by atoms with Crippen molar-refractivity contribution >= 4 is 28.9 Å². The summed E-state index contributed by atoms with van der Waals surface area (Å²) in [5.74, 6) is 1.32. The molecule has 0 aromatic heterocycles. The lowest BCUT2D eigenvalue weighted by molar-refractivity contribution is -0.118. The molecule has 0 atom stereocenters. The lowest BCUT2D eigenvalue weighted by Crippen LogP contribution is -2.20. The van der Waals surface area contributed by atoms with Crippen LogP contribution in [0.2, 0.25) is 5.02 Å². The Morgan fingerprint density at radius 3 is 2.45 bits per heavy atom. The van der Waals surface area contributed by atoms with Crippen molar-refractivity contribution in [1.29, 1.82) is 0 Å². The van der Waals surface area contributed by atoms with E-state index in [1.165, 1.54) is 0 Å². The molecule has 0 heterocycles. The summed E-state index contributed by atoms with van der Waals surface area (Å²) in [6, 6.07) is 18.6. The highest BCUT2D eigenvalue weighted by atomic mass is 35.5. The van der Waals surface area contributed by atoms with Gasteiger partial charge in [-0.05, 0) is 54.4 Å². The van der Waals surface area contributed by atoms with Crippen molar-refractivity contribution in [2.24, 2.45) is 0 Å². The number of methoxy groups -OCH3 is 2. The number of benzene rings is 3. The summed E-state index contributed by atoms with van der Waals surface area (Å²) in [7, 11) is 3.12. The second-order valence-corrected chi connectivity index (χ2v) is 7.25. The zero-order valence-corrected chi connectivity index (χ0v) is 18.5. The number of hydrogen-bond donors (Lipinski definition) is 2. The van der Waals surface area contributed by atoms with Gasteiger partial charge in [0.25, 0.3) is 5.91 Å². The van der Waals surface area contributed by atoms with Gasteiger partial charge in [0.1, 0.15) is 5.75 Å². The molecule has 0 aliphatic heterocycles. The Hall–Kier alpha value is -3.38. The molecule has 0 saturated heterocycles. The molecule has 0 spiro atoms. The molecule has 0 aliphatic rings. The van der Waals surface area contributed by atoms with Gasteiger partial charge in [-0.3, -0.25) is 4.79 Å². The summed E-state index contributed by atoms with van der Waals surface area (Å²) in [5, 5.41) is 6.83. The Morgan fingerprint density at radius 2 is 1.71 bits per heavy atom. The number of nitrogens with one attached hydrogen (secondary N) is 2. The second-order valence-electron chi connectivity index (χ2n) is 6.84. The summed E-state index contributed by atoms with van der Waals surface area (Å²) in [6.45, 7) is 2.39. The van der Waals surface area contributed by atoms with Crippen LogP contribution in [-0.2, 0) is 11.3 Å². The molecule has 31 heavy (non-hydrogen) atoms. The number of carbonyl (C=O) groups is 1. The molecule has 3 aromatic rings. The number of halogens is 1. The zero-order chi connectivity index (χ0) is 22.2. The lowest BCUT2D eigenvalue weighted by atomic mass is 10.2. The zero-order valence-electron chi connectivity index (χ0n) is 17.7. The van der Waals surface area contributed by atoms with Gasteiger partial charge >= 0.3 is 0 Å². The highest BCUT2D eigenvalue weighted by molar-refractivity contribution is 6.31. The van der Waals surface area contributed by atoms with Crippen molar-refractivity contribution in [3.63, 3.8) is 0 Å². The minimum Gasteiger partial charge on any atom is -0.495 e. The van der Waals surface area contributed by atoms with Crippen LogP contribution in [0.25, 0.3) is 0 Å². The first kappa shape index (κ1) is 22.3. The lowest BCUT2D eigenvalue weighted by Gasteiger charge is -2.14. The number of carbonyl (C=O) groups excluding carboxylic acids is 1. The highest BCUT2D eigenvalue weighted by Crippen LogP contribution is 2.29. The van der Waals surface area contributed by atoms with E-state index in [1.54, 1.807) is 32.4 Å². The molecule has 3 aromatic carbocycles. The molecule has 6 nitrogen and oxygen atoms in total. The summed E-state index contributed by atoms with van der Waals surface area (Å²) < 4.78 is 16.3. The maximum atomic E-state index is 12.3. The number of anilines is 2. The average Bonchev–Trinajstić information content (AvgIpc) is 2.79. The number of ether oxygens (including phenoxy) is 3. The van der Waals surface area contributed by atoms with Gasteiger partial charge in [0, 0.05) is 17.3 Å². The van der Waals surface area contributed by atoms with E-state index in [2.05, 4.69) is 10.6 Å². The van der Waals surface area contributed by atoms with Crippen LogP contribution >= 0.6 is 11.6 Å². The van der Waals surface area contributed by atoms with Crippen LogP contribution in [0.3, 0.4) is 0 Å². The Morgan fingerprint density at radius 1 is 0.935 bits per heavy atom. The van der Waals surface area contributed by atoms with Gasteiger partial charge in [0.05, 0.1) is 19.9 Å². The average molecular weight is 441 g/mol. The molecule has 0 radical (unpaired) electrons. The molecular formula is C24H25ClN2O4. The highest BCUT2D eigenvalue weighted by Gasteiger charge is 2.11. The van der Waals surface area contributed by atoms with Gasteiger partial charge < -0.3 is 24.8 Å². The Balaban J connectivity index is 1.59. The van der Waals surface area contributed by atoms with E-state index < -0.39 is 0 Å². The van der Waals surface area contributed by atoms with E-state index in [0.29, 0.717) is 29.5 Å². The molecule has 0 aliphatic carbocycles. The smallest absolute Gasteiger partial charge is 0.262 e. The molecule has 0 saturated carbocycles. The molecule has 0 fully saturated rings. The summed E-state index contributed by atoms with van der Waals surface area (Å²) in [5.41, 5.74) is 3.55. The number of rotatable bonds is 9. The van der Waals surface area contributed by atoms with Crippen molar-refractivity contribution < 1.29 is 19.0 Å². The minimum atomic E-state index is -0.298. The molecule has 1 amide bonds. The second kappa shape index (κ2) is 10.6. The fourth-order valence-corrected chi connectivity index (χ4v) is 3.11. The van der Waals surface area contributed by atoms with Gasteiger partial charge in [0.2, 0.25) is 0 Å². The molecule has 0 unspecified atom stereocenters. The monoisotopic (exact) mass is 440 g/mol. The SMILES string of the molecule is COc1ccccc1NC(=O)COc1ccc(CNc2ccc(C)c(Cl)c2)cc1OC. The van der Waals surface area contributed by atoms with Crippen LogP contribution in [0, 0.1) is 6.92 Å². The first-order valence-corrected chi connectivity index (χ1v) is 10.1. The van der Waals surface area contributed by atoms with Crippen LogP contribution in [0.15, 0.2) is 60.7 Å². The van der Waals surface area contributed by atoms with Gasteiger partial charge in [-0.2, -0.15) is 0 Å². The van der Waals surface area contributed by atoms with Crippen LogP contribution in [0.1, 0.15) is 11.1 Å². The molecular weight excluding hydrogens is 416 g/mol. The normalized spacial score (nSPS) is 10.3. The van der Waals surface area contributed by atoms with Crippen LogP contribution in [-0.4, -0.2) is 26.7 Å². The predicted octanol–water partition coefficient (Wildman–Crippen LogP) is 5.30. The topological polar surface area (TPSA) is 68.8 Å². The third kappa shape index (κ3) is 6.06. The van der Waals surface area contributed by atoms with Crippen LogP contribution < -0.4 is 24.8 Å². The summed E-state index contributed by atoms with van der Waals surface area (Å²) in [4.78, 5) is 12.3. The van der Waals surface area contributed by atoms with E-state index in [1.807, 2.05) is 49.4 Å². The maximum absolute atomic E-state index is 12.3. The number of aryl methyl sites for hydroxylation is 1. The Labute approximate surface area is 187 Å². The van der Waals surface area contributed by atoms with Gasteiger partial charge in [0.15, 0.2) is 18.1 Å². The molecule has 0 bridgehead atoms. The molecule has 2 N–H and O–H groups in total. The van der Waals surface area contributed by atoms with Gasteiger partial charge in [-0.25, -0.2) is 0 Å². The van der Waals surface area contributed by atoms with Crippen molar-refractivity contribution in [1.82, 2.24) is 0 Å². The standard InChI is InChI=1S/C24H25ClN2O4/c1-16-8-10-18(13-19(16)25)26-14-17-9-11-22(23(12-17)30-3)31-15-24(28)27-20-6-4-5-7-21(20)29-2/h4-13,26H,14-15H2,1-3H3,(H,27,28). The van der Waals surface area contributed by atoms with E-state index in [9.17, 15) is 4.79 Å². The minimum absolute atomic E-state index is 0.159. The van der Waals surface area contributed by atoms with Gasteiger partial charge in [-0.15, -0.1) is 0 Å². The predicted molar refractivity (Wildman–Crippen MR) is 124 cm³/mol. The van der Waals surface area contributed by atoms with E-state index in [0.717, 1.165) is 21.8 Å². The van der Waals surface area contributed by atoms with Crippen molar-refractivity contribution in [2.75, 3.05) is 31.5 Å². The van der Waals surface area contributed by atoms with Gasteiger partial charge in [-0.1, -0.05) is 35.9 Å². The third-order valence-corrected chi connectivity index (χ3v) is 5.04. The van der Waals surface area contributed by atoms with Crippen molar-refractivity contribution in [3.8, 4) is 17.2 Å². The van der Waals surface area contributed by atoms with E-state index in [4.69, 9.17) is 25.8 Å². The third-order valence-electron chi connectivity index (χ3n) is 4.64. The molecule has 3 rings (SSSR count). The van der Waals surface area contributed by atoms with Crippen molar-refractivity contribution in [3.05, 3.63) is 76.8 Å². The Bertz CT molecular complexity index is 1060. The summed E-state index contributed by atoms with van der Waals surface area (Å²) >= 11 is 6.18. The van der Waals surface area contributed by atoms with Crippen LogP contribution in [0.4, 0.5) is 11.4 Å². The quantitative estimate of drug-likeness (QED) is 0.472. The van der Waals surface area contributed by atoms with Crippen LogP contribution in [0.5, 0.6) is 17.2 Å². The van der Waals surface area contributed by atoms with Crippen molar-refractivity contribution in [2.45, 2.75) is 13.5 Å². The first-order valence-electron chi connectivity index (χ1n) is 9.72.